The molecular weight excluding hydrogens is 324 g/mol. The van der Waals surface area contributed by atoms with Crippen molar-refractivity contribution in [3.8, 4) is 11.1 Å². The molecule has 25 heavy (non-hydrogen) atoms. The molecule has 1 unspecified atom stereocenters. The highest BCUT2D eigenvalue weighted by Gasteiger charge is 2.22. The first-order valence-corrected chi connectivity index (χ1v) is 8.29. The molecule has 3 nitrogen and oxygen atoms in total. The number of fused-ring (bicyclic) bond motifs is 1. The first kappa shape index (κ1) is 17.3. The van der Waals surface area contributed by atoms with Gasteiger partial charge < -0.3 is 10.2 Å². The van der Waals surface area contributed by atoms with Crippen molar-refractivity contribution < 1.29 is 13.2 Å². The van der Waals surface area contributed by atoms with Gasteiger partial charge in [-0.2, -0.15) is 0 Å². The van der Waals surface area contributed by atoms with Crippen LogP contribution in [0.15, 0.2) is 51.7 Å². The molecular formula is C20H19F2NO2. The van der Waals surface area contributed by atoms with Crippen LogP contribution in [0.5, 0.6) is 0 Å². The monoisotopic (exact) mass is 343 g/mol. The standard InChI is InChI=1S/C20H19F2NO2/c1-2-3-9-15(23)20-17(12-6-4-7-13(21)11-12)19(24)18-14(22)8-5-10-16(18)25-20/h4-8,10-11,15H,2-3,9,23H2,1H3. The number of halogens is 2. The van der Waals surface area contributed by atoms with Gasteiger partial charge in [-0.1, -0.05) is 38.0 Å². The molecule has 0 aliphatic rings. The normalized spacial score (nSPS) is 12.5. The molecule has 0 saturated carbocycles. The maximum atomic E-state index is 14.2. The van der Waals surface area contributed by atoms with E-state index in [9.17, 15) is 13.6 Å². The smallest absolute Gasteiger partial charge is 0.203 e. The second-order valence-corrected chi connectivity index (χ2v) is 6.04. The van der Waals surface area contributed by atoms with E-state index in [1.54, 1.807) is 6.07 Å². The molecule has 3 rings (SSSR count). The van der Waals surface area contributed by atoms with Crippen LogP contribution < -0.4 is 11.2 Å². The number of rotatable bonds is 5. The van der Waals surface area contributed by atoms with E-state index in [4.69, 9.17) is 10.2 Å². The van der Waals surface area contributed by atoms with Crippen molar-refractivity contribution in [2.45, 2.75) is 32.2 Å². The summed E-state index contributed by atoms with van der Waals surface area (Å²) in [5.41, 5.74) is 6.31. The first-order valence-electron chi connectivity index (χ1n) is 8.29. The summed E-state index contributed by atoms with van der Waals surface area (Å²) in [6, 6.07) is 9.28. The van der Waals surface area contributed by atoms with E-state index in [0.29, 0.717) is 12.0 Å². The third-order valence-corrected chi connectivity index (χ3v) is 4.21. The van der Waals surface area contributed by atoms with Crippen LogP contribution in [0.1, 0.15) is 38.0 Å². The molecule has 2 N–H and O–H groups in total. The van der Waals surface area contributed by atoms with Crippen LogP contribution in [0, 0.1) is 11.6 Å². The van der Waals surface area contributed by atoms with Crippen LogP contribution in [0.3, 0.4) is 0 Å². The quantitative estimate of drug-likeness (QED) is 0.715. The first-order chi connectivity index (χ1) is 12.0. The summed E-state index contributed by atoms with van der Waals surface area (Å²) in [6.07, 6.45) is 2.41. The summed E-state index contributed by atoms with van der Waals surface area (Å²) < 4.78 is 33.7. The van der Waals surface area contributed by atoms with Gasteiger partial charge in [-0.15, -0.1) is 0 Å². The highest BCUT2D eigenvalue weighted by atomic mass is 19.1. The largest absolute Gasteiger partial charge is 0.458 e. The summed E-state index contributed by atoms with van der Waals surface area (Å²) >= 11 is 0. The Balaban J connectivity index is 2.32. The maximum absolute atomic E-state index is 14.2. The Labute approximate surface area is 144 Å². The van der Waals surface area contributed by atoms with Crippen molar-refractivity contribution in [2.24, 2.45) is 5.73 Å². The number of nitrogens with two attached hydrogens (primary N) is 1. The fourth-order valence-electron chi connectivity index (χ4n) is 2.95. The van der Waals surface area contributed by atoms with E-state index in [0.717, 1.165) is 12.8 Å². The molecule has 0 aliphatic carbocycles. The van der Waals surface area contributed by atoms with Crippen LogP contribution in [0.2, 0.25) is 0 Å². The second kappa shape index (κ2) is 7.15. The minimum Gasteiger partial charge on any atom is -0.458 e. The molecule has 130 valence electrons. The number of hydrogen-bond acceptors (Lipinski definition) is 3. The Morgan fingerprint density at radius 3 is 2.64 bits per heavy atom. The van der Waals surface area contributed by atoms with Crippen LogP contribution in [0.4, 0.5) is 8.78 Å². The molecule has 0 bridgehead atoms. The zero-order chi connectivity index (χ0) is 18.0. The van der Waals surface area contributed by atoms with Gasteiger partial charge in [-0.25, -0.2) is 8.78 Å². The van der Waals surface area contributed by atoms with Crippen molar-refractivity contribution in [3.05, 3.63) is 70.1 Å². The van der Waals surface area contributed by atoms with Crippen LogP contribution in [0.25, 0.3) is 22.1 Å². The molecule has 2 aromatic carbocycles. The van der Waals surface area contributed by atoms with Crippen molar-refractivity contribution in [2.75, 3.05) is 0 Å². The summed E-state index contributed by atoms with van der Waals surface area (Å²) in [4.78, 5) is 13.0. The van der Waals surface area contributed by atoms with Crippen molar-refractivity contribution in [3.63, 3.8) is 0 Å². The number of benzene rings is 2. The third-order valence-electron chi connectivity index (χ3n) is 4.21. The fraction of sp³-hybridized carbons (Fsp3) is 0.250. The van der Waals surface area contributed by atoms with Gasteiger partial charge in [0.1, 0.15) is 28.4 Å². The Bertz CT molecular complexity index is 966. The maximum Gasteiger partial charge on any atom is 0.203 e. The third kappa shape index (κ3) is 3.33. The molecule has 3 aromatic rings. The lowest BCUT2D eigenvalue weighted by Gasteiger charge is -2.16. The van der Waals surface area contributed by atoms with Gasteiger partial charge in [0, 0.05) is 0 Å². The Kier molecular flexibility index (Phi) is 4.95. The zero-order valence-electron chi connectivity index (χ0n) is 13.9. The van der Waals surface area contributed by atoms with Gasteiger partial charge in [-0.3, -0.25) is 4.79 Å². The van der Waals surface area contributed by atoms with Crippen molar-refractivity contribution in [1.82, 2.24) is 0 Å². The van der Waals surface area contributed by atoms with Gasteiger partial charge in [0.15, 0.2) is 0 Å². The van der Waals surface area contributed by atoms with E-state index < -0.39 is 23.1 Å². The van der Waals surface area contributed by atoms with Crippen LogP contribution in [-0.4, -0.2) is 0 Å². The van der Waals surface area contributed by atoms with Gasteiger partial charge in [0.05, 0.1) is 11.6 Å². The predicted octanol–water partition coefficient (Wildman–Crippen LogP) is 4.93. The molecule has 0 saturated heterocycles. The molecule has 0 aliphatic heterocycles. The van der Waals surface area contributed by atoms with Crippen LogP contribution >= 0.6 is 0 Å². The molecule has 0 amide bonds. The lowest BCUT2D eigenvalue weighted by atomic mass is 9.96. The highest BCUT2D eigenvalue weighted by Crippen LogP contribution is 2.31. The fourth-order valence-corrected chi connectivity index (χ4v) is 2.95. The topological polar surface area (TPSA) is 56.2 Å². The van der Waals surface area contributed by atoms with Gasteiger partial charge in [0.25, 0.3) is 0 Å². The summed E-state index contributed by atoms with van der Waals surface area (Å²) in [7, 11) is 0. The Hall–Kier alpha value is -2.53. The lowest BCUT2D eigenvalue weighted by molar-refractivity contribution is 0.460. The second-order valence-electron chi connectivity index (χ2n) is 6.04. The molecule has 0 radical (unpaired) electrons. The average Bonchev–Trinajstić information content (AvgIpc) is 2.59. The SMILES string of the molecule is CCCCC(N)c1oc2cccc(F)c2c(=O)c1-c1cccc(F)c1. The summed E-state index contributed by atoms with van der Waals surface area (Å²) in [6.45, 7) is 2.03. The molecule has 0 fully saturated rings. The molecule has 1 heterocycles. The Morgan fingerprint density at radius 2 is 1.92 bits per heavy atom. The summed E-state index contributed by atoms with van der Waals surface area (Å²) in [5.74, 6) is -0.890. The van der Waals surface area contributed by atoms with Crippen molar-refractivity contribution >= 4 is 11.0 Å². The van der Waals surface area contributed by atoms with Crippen LogP contribution in [-0.2, 0) is 0 Å². The molecule has 0 spiro atoms. The minimum absolute atomic E-state index is 0.126. The Morgan fingerprint density at radius 1 is 1.16 bits per heavy atom. The van der Waals surface area contributed by atoms with Gasteiger partial charge in [0.2, 0.25) is 5.43 Å². The lowest BCUT2D eigenvalue weighted by Crippen LogP contribution is -2.18. The zero-order valence-corrected chi connectivity index (χ0v) is 13.9. The summed E-state index contributed by atoms with van der Waals surface area (Å²) in [5, 5.41) is -0.145. The highest BCUT2D eigenvalue weighted by molar-refractivity contribution is 5.83. The predicted molar refractivity (Wildman–Crippen MR) is 94.3 cm³/mol. The van der Waals surface area contributed by atoms with E-state index in [-0.39, 0.29) is 22.3 Å². The van der Waals surface area contributed by atoms with E-state index in [1.165, 1.54) is 36.4 Å². The average molecular weight is 343 g/mol. The molecule has 1 atom stereocenters. The van der Waals surface area contributed by atoms with E-state index in [1.807, 2.05) is 6.92 Å². The number of hydrogen-bond donors (Lipinski definition) is 1. The van der Waals surface area contributed by atoms with Gasteiger partial charge >= 0.3 is 0 Å². The molecule has 5 heteroatoms. The molecule has 1 aromatic heterocycles. The number of unbranched alkanes of at least 4 members (excludes halogenated alkanes) is 1. The van der Waals surface area contributed by atoms with Gasteiger partial charge in [-0.05, 0) is 36.2 Å². The minimum atomic E-state index is -0.669. The van der Waals surface area contributed by atoms with E-state index in [2.05, 4.69) is 0 Å². The van der Waals surface area contributed by atoms with E-state index >= 15 is 0 Å². The van der Waals surface area contributed by atoms with Crippen molar-refractivity contribution in [1.29, 1.82) is 0 Å².